The van der Waals surface area contributed by atoms with Crippen molar-refractivity contribution in [3.8, 4) is 0 Å². The minimum atomic E-state index is -1.20. The van der Waals surface area contributed by atoms with Gasteiger partial charge in [-0.25, -0.2) is 0 Å². The van der Waals surface area contributed by atoms with Crippen molar-refractivity contribution in [2.75, 3.05) is 6.73 Å². The van der Waals surface area contributed by atoms with E-state index in [9.17, 15) is 20.1 Å². The van der Waals surface area contributed by atoms with Crippen LogP contribution in [0.4, 0.5) is 0 Å². The van der Waals surface area contributed by atoms with Crippen LogP contribution in [-0.4, -0.2) is 45.2 Å². The monoisotopic (exact) mass is 539 g/mol. The third-order valence-corrected chi connectivity index (χ3v) is 7.65. The van der Waals surface area contributed by atoms with Crippen LogP contribution in [0.1, 0.15) is 174 Å². The van der Waals surface area contributed by atoms with Crippen molar-refractivity contribution in [1.82, 2.24) is 4.90 Å². The first-order chi connectivity index (χ1) is 18.6. The number of allylic oxidation sites excluding steroid dienone is 1. The number of hydrogen-bond acceptors (Lipinski definition) is 4. The lowest BCUT2D eigenvalue weighted by Crippen LogP contribution is -2.45. The maximum Gasteiger partial charge on any atom is 0.255 e. The highest BCUT2D eigenvalue weighted by atomic mass is 16.3. The second-order valence-corrected chi connectivity index (χ2v) is 11.3. The van der Waals surface area contributed by atoms with Crippen molar-refractivity contribution in [2.24, 2.45) is 0 Å². The molecule has 38 heavy (non-hydrogen) atoms. The zero-order valence-electron chi connectivity index (χ0n) is 25.4. The summed E-state index contributed by atoms with van der Waals surface area (Å²) >= 11 is 0. The van der Waals surface area contributed by atoms with Crippen LogP contribution in [0.15, 0.2) is 12.2 Å². The van der Waals surface area contributed by atoms with Crippen molar-refractivity contribution in [2.45, 2.75) is 187 Å². The van der Waals surface area contributed by atoms with E-state index in [1.807, 2.05) is 6.08 Å². The van der Waals surface area contributed by atoms with Gasteiger partial charge in [0.1, 0.15) is 19.1 Å². The standard InChI is InChI=1S/C33H65NO4/c1-3-5-7-9-11-13-15-17-19-21-23-25-27-29-32(37)34(30-35)33(38)31(36)28-26-24-22-20-18-16-14-12-10-8-6-4-2/h27,29,31-32,35-37H,3-26,28,30H2,1-2H3. The molecule has 2 atom stereocenters. The number of amides is 1. The lowest BCUT2D eigenvalue weighted by Gasteiger charge is -2.26. The van der Waals surface area contributed by atoms with Crippen molar-refractivity contribution in [3.63, 3.8) is 0 Å². The summed E-state index contributed by atoms with van der Waals surface area (Å²) < 4.78 is 0. The first-order valence-corrected chi connectivity index (χ1v) is 16.5. The molecular formula is C33H65NO4. The van der Waals surface area contributed by atoms with Gasteiger partial charge in [-0.1, -0.05) is 161 Å². The third-order valence-electron chi connectivity index (χ3n) is 7.65. The Labute approximate surface area is 236 Å². The summed E-state index contributed by atoms with van der Waals surface area (Å²) in [6.45, 7) is 3.90. The van der Waals surface area contributed by atoms with Gasteiger partial charge in [-0.05, 0) is 25.3 Å². The highest BCUT2D eigenvalue weighted by Crippen LogP contribution is 2.15. The second-order valence-electron chi connectivity index (χ2n) is 11.3. The van der Waals surface area contributed by atoms with E-state index in [0.717, 1.165) is 37.0 Å². The average Bonchev–Trinajstić information content (AvgIpc) is 2.92. The highest BCUT2D eigenvalue weighted by Gasteiger charge is 2.25. The Hall–Kier alpha value is -0.910. The van der Waals surface area contributed by atoms with Gasteiger partial charge in [-0.15, -0.1) is 0 Å². The number of carbonyl (C=O) groups is 1. The molecule has 5 nitrogen and oxygen atoms in total. The first kappa shape index (κ1) is 37.1. The van der Waals surface area contributed by atoms with Crippen LogP contribution in [0.25, 0.3) is 0 Å². The van der Waals surface area contributed by atoms with Crippen LogP contribution >= 0.6 is 0 Å². The molecule has 2 unspecified atom stereocenters. The van der Waals surface area contributed by atoms with Crippen LogP contribution in [0.3, 0.4) is 0 Å². The van der Waals surface area contributed by atoms with Crippen LogP contribution in [0, 0.1) is 0 Å². The van der Waals surface area contributed by atoms with E-state index < -0.39 is 25.0 Å². The Balaban J connectivity index is 3.81. The second kappa shape index (κ2) is 29.1. The van der Waals surface area contributed by atoms with Crippen molar-refractivity contribution in [1.29, 1.82) is 0 Å². The van der Waals surface area contributed by atoms with Crippen LogP contribution in [-0.2, 0) is 4.79 Å². The zero-order valence-corrected chi connectivity index (χ0v) is 25.4. The molecule has 0 aromatic carbocycles. The molecule has 0 aliphatic heterocycles. The van der Waals surface area contributed by atoms with E-state index in [0.29, 0.717) is 6.42 Å². The van der Waals surface area contributed by atoms with Crippen molar-refractivity contribution in [3.05, 3.63) is 12.2 Å². The van der Waals surface area contributed by atoms with Crippen LogP contribution in [0.5, 0.6) is 0 Å². The Kier molecular flexibility index (Phi) is 28.4. The van der Waals surface area contributed by atoms with Gasteiger partial charge in [0.25, 0.3) is 5.91 Å². The summed E-state index contributed by atoms with van der Waals surface area (Å²) in [4.78, 5) is 13.5. The SMILES string of the molecule is CCCCCCCCCCCCCC=CC(O)N(CO)C(=O)C(O)CCCCCCCCCCCCCC. The third kappa shape index (κ3) is 23.0. The summed E-state index contributed by atoms with van der Waals surface area (Å²) in [5.74, 6) is -0.595. The molecule has 0 aromatic heterocycles. The summed E-state index contributed by atoms with van der Waals surface area (Å²) in [5.41, 5.74) is 0. The highest BCUT2D eigenvalue weighted by molar-refractivity contribution is 5.80. The smallest absolute Gasteiger partial charge is 0.255 e. The fraction of sp³-hybridized carbons (Fsp3) is 0.909. The van der Waals surface area contributed by atoms with E-state index >= 15 is 0 Å². The summed E-state index contributed by atoms with van der Waals surface area (Å²) in [6.07, 6.45) is 31.4. The van der Waals surface area contributed by atoms with Gasteiger partial charge in [0.05, 0.1) is 0 Å². The number of nitrogens with zero attached hydrogens (tertiary/aromatic N) is 1. The maximum atomic E-state index is 12.5. The molecule has 0 aliphatic carbocycles. The Morgan fingerprint density at radius 1 is 0.605 bits per heavy atom. The van der Waals surface area contributed by atoms with Gasteiger partial charge < -0.3 is 15.3 Å². The first-order valence-electron chi connectivity index (χ1n) is 16.5. The molecule has 0 saturated heterocycles. The molecule has 0 spiro atoms. The van der Waals surface area contributed by atoms with Gasteiger partial charge in [-0.2, -0.15) is 0 Å². The van der Waals surface area contributed by atoms with Crippen molar-refractivity contribution >= 4 is 5.91 Å². The summed E-state index contributed by atoms with van der Waals surface area (Å²) in [7, 11) is 0. The van der Waals surface area contributed by atoms with Crippen LogP contribution in [0.2, 0.25) is 0 Å². The molecule has 226 valence electrons. The van der Waals surface area contributed by atoms with E-state index in [4.69, 9.17) is 0 Å². The van der Waals surface area contributed by atoms with Crippen LogP contribution < -0.4 is 0 Å². The maximum absolute atomic E-state index is 12.5. The van der Waals surface area contributed by atoms with E-state index in [2.05, 4.69) is 13.8 Å². The van der Waals surface area contributed by atoms with Gasteiger partial charge in [0.15, 0.2) is 0 Å². The topological polar surface area (TPSA) is 81.0 Å². The number of aliphatic hydroxyl groups is 3. The quantitative estimate of drug-likeness (QED) is 0.0504. The molecule has 0 heterocycles. The number of unbranched alkanes of at least 4 members (excludes halogenated alkanes) is 22. The number of hydrogen-bond donors (Lipinski definition) is 3. The molecule has 0 fully saturated rings. The number of carbonyl (C=O) groups excluding carboxylic acids is 1. The van der Waals surface area contributed by atoms with Crippen molar-refractivity contribution < 1.29 is 20.1 Å². The molecule has 0 saturated carbocycles. The van der Waals surface area contributed by atoms with E-state index in [1.165, 1.54) is 122 Å². The van der Waals surface area contributed by atoms with E-state index in [1.54, 1.807) is 6.08 Å². The molecular weight excluding hydrogens is 474 g/mol. The largest absolute Gasteiger partial charge is 0.383 e. The Morgan fingerprint density at radius 2 is 0.974 bits per heavy atom. The molecule has 0 aromatic rings. The van der Waals surface area contributed by atoms with Gasteiger partial charge in [0, 0.05) is 0 Å². The fourth-order valence-electron chi connectivity index (χ4n) is 5.03. The number of rotatable bonds is 29. The number of aliphatic hydroxyl groups excluding tert-OH is 3. The zero-order chi connectivity index (χ0) is 28.1. The normalized spacial score (nSPS) is 13.3. The molecule has 3 N–H and O–H groups in total. The summed E-state index contributed by atoms with van der Waals surface area (Å²) in [6, 6.07) is 0. The molecule has 5 heteroatoms. The molecule has 0 radical (unpaired) electrons. The predicted molar refractivity (Wildman–Crippen MR) is 162 cm³/mol. The van der Waals surface area contributed by atoms with Gasteiger partial charge in [0.2, 0.25) is 0 Å². The molecule has 0 bridgehead atoms. The molecule has 1 amide bonds. The molecule has 0 rings (SSSR count). The Bertz CT molecular complexity index is 525. The lowest BCUT2D eigenvalue weighted by atomic mass is 10.0. The lowest BCUT2D eigenvalue weighted by molar-refractivity contribution is -0.154. The van der Waals surface area contributed by atoms with Gasteiger partial charge in [-0.3, -0.25) is 9.69 Å². The van der Waals surface area contributed by atoms with E-state index in [-0.39, 0.29) is 0 Å². The Morgan fingerprint density at radius 3 is 1.37 bits per heavy atom. The minimum absolute atomic E-state index is 0.377. The van der Waals surface area contributed by atoms with Gasteiger partial charge >= 0.3 is 0 Å². The fourth-order valence-corrected chi connectivity index (χ4v) is 5.03. The summed E-state index contributed by atoms with van der Waals surface area (Å²) in [5, 5.41) is 30.2. The minimum Gasteiger partial charge on any atom is -0.383 e. The average molecular weight is 540 g/mol. The molecule has 0 aliphatic rings. The predicted octanol–water partition coefficient (Wildman–Crippen LogP) is 8.79.